The number of ether oxygens (including phenoxy) is 1. The van der Waals surface area contributed by atoms with Crippen molar-refractivity contribution in [2.24, 2.45) is 0 Å². The van der Waals surface area contributed by atoms with E-state index in [-0.39, 0.29) is 17.9 Å². The number of nitrogens with one attached hydrogen (secondary N) is 1. The standard InChI is InChI=1S/C24H31ClN2O3S/c1-17(2)26-24(29)18(3)27(16-19-7-5-8-21(15-19)30-4)23(28)9-6-14-31-22-12-10-20(25)11-13-22/h5,7-8,10-13,15,17-18H,6,9,14,16H2,1-4H3,(H,26,29). The molecule has 0 spiro atoms. The fourth-order valence-electron chi connectivity index (χ4n) is 3.04. The van der Waals surface area contributed by atoms with Gasteiger partial charge in [0, 0.05) is 28.9 Å². The van der Waals surface area contributed by atoms with Crippen LogP contribution >= 0.6 is 23.4 Å². The zero-order chi connectivity index (χ0) is 22.8. The maximum atomic E-state index is 13.1. The fraction of sp³-hybridized carbons (Fsp3) is 0.417. The average molecular weight is 463 g/mol. The number of hydrogen-bond acceptors (Lipinski definition) is 4. The normalized spacial score (nSPS) is 11.8. The highest BCUT2D eigenvalue weighted by Gasteiger charge is 2.26. The minimum absolute atomic E-state index is 0.0134. The van der Waals surface area contributed by atoms with E-state index < -0.39 is 6.04 Å². The first-order valence-corrected chi connectivity index (χ1v) is 11.8. The molecule has 0 heterocycles. The van der Waals surface area contributed by atoms with Crippen LogP contribution in [0, 0.1) is 0 Å². The van der Waals surface area contributed by atoms with Gasteiger partial charge in [-0.2, -0.15) is 0 Å². The van der Waals surface area contributed by atoms with E-state index in [2.05, 4.69) is 5.32 Å². The Morgan fingerprint density at radius 1 is 1.13 bits per heavy atom. The van der Waals surface area contributed by atoms with E-state index in [4.69, 9.17) is 16.3 Å². The third-order valence-corrected chi connectivity index (χ3v) is 6.05. The van der Waals surface area contributed by atoms with E-state index in [1.165, 1.54) is 0 Å². The van der Waals surface area contributed by atoms with Crippen molar-refractivity contribution in [3.05, 3.63) is 59.1 Å². The summed E-state index contributed by atoms with van der Waals surface area (Å²) in [4.78, 5) is 28.5. The Morgan fingerprint density at radius 2 is 1.84 bits per heavy atom. The number of hydrogen-bond donors (Lipinski definition) is 1. The number of amides is 2. The Morgan fingerprint density at radius 3 is 2.48 bits per heavy atom. The predicted octanol–water partition coefficient (Wildman–Crippen LogP) is 5.16. The highest BCUT2D eigenvalue weighted by Crippen LogP contribution is 2.22. The first-order chi connectivity index (χ1) is 14.8. The minimum Gasteiger partial charge on any atom is -0.497 e. The van der Waals surface area contributed by atoms with Gasteiger partial charge in [-0.25, -0.2) is 0 Å². The number of halogens is 1. The van der Waals surface area contributed by atoms with E-state index in [0.717, 1.165) is 28.4 Å². The van der Waals surface area contributed by atoms with Gasteiger partial charge in [0.1, 0.15) is 11.8 Å². The van der Waals surface area contributed by atoms with Gasteiger partial charge in [0.05, 0.1) is 7.11 Å². The molecule has 0 aliphatic carbocycles. The van der Waals surface area contributed by atoms with Crippen LogP contribution in [0.1, 0.15) is 39.2 Å². The van der Waals surface area contributed by atoms with E-state index in [0.29, 0.717) is 18.0 Å². The van der Waals surface area contributed by atoms with Gasteiger partial charge in [0.25, 0.3) is 0 Å². The van der Waals surface area contributed by atoms with Crippen molar-refractivity contribution in [3.8, 4) is 5.75 Å². The quantitative estimate of drug-likeness (QED) is 0.370. The zero-order valence-electron chi connectivity index (χ0n) is 18.6. The molecule has 2 rings (SSSR count). The first kappa shape index (κ1) is 25.1. The summed E-state index contributed by atoms with van der Waals surface area (Å²) in [5.74, 6) is 1.35. The van der Waals surface area contributed by atoms with E-state index in [1.54, 1.807) is 30.7 Å². The largest absolute Gasteiger partial charge is 0.497 e. The van der Waals surface area contributed by atoms with Gasteiger partial charge in [-0.1, -0.05) is 23.7 Å². The molecule has 0 aliphatic rings. The molecule has 0 radical (unpaired) electrons. The van der Waals surface area contributed by atoms with E-state index in [9.17, 15) is 9.59 Å². The summed E-state index contributed by atoms with van der Waals surface area (Å²) in [5, 5.41) is 3.62. The van der Waals surface area contributed by atoms with E-state index in [1.807, 2.05) is 62.4 Å². The third-order valence-electron chi connectivity index (χ3n) is 4.70. The molecule has 168 valence electrons. The van der Waals surface area contributed by atoms with Crippen molar-refractivity contribution in [2.45, 2.75) is 57.1 Å². The molecule has 2 aromatic rings. The molecule has 7 heteroatoms. The van der Waals surface area contributed by atoms with Crippen molar-refractivity contribution in [3.63, 3.8) is 0 Å². The fourth-order valence-corrected chi connectivity index (χ4v) is 4.02. The third kappa shape index (κ3) is 8.46. The van der Waals surface area contributed by atoms with Crippen LogP contribution in [0.2, 0.25) is 5.02 Å². The summed E-state index contributed by atoms with van der Waals surface area (Å²) in [7, 11) is 1.61. The topological polar surface area (TPSA) is 58.6 Å². The Bertz CT molecular complexity index is 858. The SMILES string of the molecule is COc1cccc(CN(C(=O)CCCSc2ccc(Cl)cc2)C(C)C(=O)NC(C)C)c1. The lowest BCUT2D eigenvalue weighted by Crippen LogP contribution is -2.49. The molecule has 1 atom stereocenters. The van der Waals surface area contributed by atoms with Gasteiger partial charge < -0.3 is 15.0 Å². The second-order valence-corrected chi connectivity index (χ2v) is 9.22. The van der Waals surface area contributed by atoms with Crippen LogP contribution < -0.4 is 10.1 Å². The Labute approximate surface area is 194 Å². The number of carbonyl (C=O) groups is 2. The van der Waals surface area contributed by atoms with Gasteiger partial charge in [-0.3, -0.25) is 9.59 Å². The summed E-state index contributed by atoms with van der Waals surface area (Å²) < 4.78 is 5.29. The molecular formula is C24H31ClN2O3S. The number of thioether (sulfide) groups is 1. The van der Waals surface area contributed by atoms with E-state index >= 15 is 0 Å². The molecule has 2 aromatic carbocycles. The average Bonchev–Trinajstić information content (AvgIpc) is 2.75. The second kappa shape index (κ2) is 12.6. The molecule has 0 saturated carbocycles. The van der Waals surface area contributed by atoms with Crippen LogP contribution in [0.25, 0.3) is 0 Å². The molecule has 1 N–H and O–H groups in total. The summed E-state index contributed by atoms with van der Waals surface area (Å²) in [6.07, 6.45) is 1.10. The minimum atomic E-state index is -0.565. The monoisotopic (exact) mass is 462 g/mol. The van der Waals surface area contributed by atoms with Crippen LogP contribution in [-0.4, -0.2) is 41.7 Å². The zero-order valence-corrected chi connectivity index (χ0v) is 20.1. The molecule has 0 aliphatic heterocycles. The molecule has 2 amide bonds. The molecular weight excluding hydrogens is 432 g/mol. The summed E-state index contributed by atoms with van der Waals surface area (Å²) in [5.41, 5.74) is 0.924. The van der Waals surface area contributed by atoms with Gasteiger partial charge in [0.15, 0.2) is 0 Å². The smallest absolute Gasteiger partial charge is 0.242 e. The Hall–Kier alpha value is -2.18. The molecule has 0 bridgehead atoms. The molecule has 31 heavy (non-hydrogen) atoms. The Kier molecular flexibility index (Phi) is 10.2. The molecule has 0 fully saturated rings. The highest BCUT2D eigenvalue weighted by atomic mass is 35.5. The van der Waals surface area contributed by atoms with Crippen molar-refractivity contribution in [1.82, 2.24) is 10.2 Å². The maximum absolute atomic E-state index is 13.1. The number of nitrogens with zero attached hydrogens (tertiary/aromatic N) is 1. The summed E-state index contributed by atoms with van der Waals surface area (Å²) in [6, 6.07) is 14.7. The molecule has 0 aromatic heterocycles. The van der Waals surface area contributed by atoms with Crippen LogP contribution in [0.5, 0.6) is 5.75 Å². The lowest BCUT2D eigenvalue weighted by molar-refractivity contribution is -0.140. The van der Waals surface area contributed by atoms with Gasteiger partial charge in [-0.15, -0.1) is 11.8 Å². The van der Waals surface area contributed by atoms with Crippen LogP contribution in [0.4, 0.5) is 0 Å². The highest BCUT2D eigenvalue weighted by molar-refractivity contribution is 7.99. The molecule has 1 unspecified atom stereocenters. The van der Waals surface area contributed by atoms with Crippen molar-refractivity contribution < 1.29 is 14.3 Å². The molecule has 5 nitrogen and oxygen atoms in total. The lowest BCUT2D eigenvalue weighted by atomic mass is 10.1. The van der Waals surface area contributed by atoms with Gasteiger partial charge in [0.2, 0.25) is 11.8 Å². The van der Waals surface area contributed by atoms with Crippen molar-refractivity contribution in [2.75, 3.05) is 12.9 Å². The Balaban J connectivity index is 2.02. The molecule has 0 saturated heterocycles. The number of methoxy groups -OCH3 is 1. The van der Waals surface area contributed by atoms with Crippen molar-refractivity contribution >= 4 is 35.2 Å². The van der Waals surface area contributed by atoms with Crippen LogP contribution in [0.15, 0.2) is 53.4 Å². The van der Waals surface area contributed by atoms with Crippen molar-refractivity contribution in [1.29, 1.82) is 0 Å². The number of rotatable bonds is 11. The van der Waals surface area contributed by atoms with Crippen LogP contribution in [-0.2, 0) is 16.1 Å². The number of benzene rings is 2. The van der Waals surface area contributed by atoms with Gasteiger partial charge >= 0.3 is 0 Å². The lowest BCUT2D eigenvalue weighted by Gasteiger charge is -2.29. The summed E-state index contributed by atoms with van der Waals surface area (Å²) in [6.45, 7) is 5.95. The second-order valence-electron chi connectivity index (χ2n) is 7.62. The first-order valence-electron chi connectivity index (χ1n) is 10.4. The van der Waals surface area contributed by atoms with Crippen LogP contribution in [0.3, 0.4) is 0 Å². The summed E-state index contributed by atoms with van der Waals surface area (Å²) >= 11 is 7.61. The maximum Gasteiger partial charge on any atom is 0.242 e. The number of carbonyl (C=O) groups excluding carboxylic acids is 2. The predicted molar refractivity (Wildman–Crippen MR) is 128 cm³/mol. The van der Waals surface area contributed by atoms with Gasteiger partial charge in [-0.05, 0) is 74.9 Å².